The van der Waals surface area contributed by atoms with Crippen LogP contribution in [0.15, 0.2) is 28.3 Å². The Kier molecular flexibility index (Phi) is 9.81. The van der Waals surface area contributed by atoms with Gasteiger partial charge in [-0.2, -0.15) is 4.31 Å². The highest BCUT2D eigenvalue weighted by molar-refractivity contribution is 7.99. The molecule has 1 amide bonds. The van der Waals surface area contributed by atoms with Gasteiger partial charge in [0.25, 0.3) is 0 Å². The van der Waals surface area contributed by atoms with Crippen LogP contribution in [0.2, 0.25) is 0 Å². The third-order valence-corrected chi connectivity index (χ3v) is 8.20. The quantitative estimate of drug-likeness (QED) is 0.440. The lowest BCUT2D eigenvalue weighted by Gasteiger charge is -2.21. The molecular formula is C23H36N4O4S2. The molecule has 1 aromatic heterocycles. The van der Waals surface area contributed by atoms with Crippen molar-refractivity contribution in [1.29, 1.82) is 0 Å². The first-order valence-corrected chi connectivity index (χ1v) is 13.7. The summed E-state index contributed by atoms with van der Waals surface area (Å²) in [6, 6.07) is 4.71. The second-order valence-corrected chi connectivity index (χ2v) is 10.9. The monoisotopic (exact) mass is 496 g/mol. The summed E-state index contributed by atoms with van der Waals surface area (Å²) in [7, 11) is -3.75. The Morgan fingerprint density at radius 1 is 1.21 bits per heavy atom. The molecule has 8 nitrogen and oxygen atoms in total. The highest BCUT2D eigenvalue weighted by Crippen LogP contribution is 2.30. The van der Waals surface area contributed by atoms with E-state index < -0.39 is 10.0 Å². The Balaban J connectivity index is 2.21. The number of carbonyl (C=O) groups is 1. The normalized spacial score (nSPS) is 11.9. The summed E-state index contributed by atoms with van der Waals surface area (Å²) < 4.78 is 35.3. The molecule has 33 heavy (non-hydrogen) atoms. The maximum absolute atomic E-state index is 13.1. The van der Waals surface area contributed by atoms with Crippen molar-refractivity contribution in [2.24, 2.45) is 5.92 Å². The number of carbonyl (C=O) groups excluding carboxylic acids is 1. The number of nitrogens with one attached hydrogen (secondary N) is 1. The number of rotatable bonds is 12. The number of nitrogens with zero attached hydrogens (tertiary/aromatic N) is 3. The number of benzene rings is 1. The topological polar surface area (TPSA) is 93.5 Å². The van der Waals surface area contributed by atoms with Gasteiger partial charge in [-0.05, 0) is 44.9 Å². The molecule has 0 aliphatic carbocycles. The van der Waals surface area contributed by atoms with Crippen LogP contribution >= 0.6 is 11.8 Å². The minimum absolute atomic E-state index is 0.0530. The molecule has 2 aromatic rings. The maximum Gasteiger partial charge on any atom is 0.246 e. The summed E-state index contributed by atoms with van der Waals surface area (Å²) in [5.74, 6) is 0.669. The average Bonchev–Trinajstić information content (AvgIpc) is 3.01. The van der Waals surface area contributed by atoms with E-state index in [1.54, 1.807) is 32.9 Å². The molecule has 0 saturated carbocycles. The lowest BCUT2D eigenvalue weighted by molar-refractivity contribution is -0.113. The number of sulfonamides is 1. The summed E-state index contributed by atoms with van der Waals surface area (Å²) in [4.78, 5) is 17.3. The minimum atomic E-state index is -3.75. The van der Waals surface area contributed by atoms with Gasteiger partial charge in [-0.25, -0.2) is 13.4 Å². The zero-order chi connectivity index (χ0) is 24.8. The van der Waals surface area contributed by atoms with Gasteiger partial charge in [0.05, 0.1) is 18.1 Å². The third-order valence-electron chi connectivity index (χ3n) is 5.15. The number of hydrogen-bond donors (Lipinski definition) is 1. The first-order valence-electron chi connectivity index (χ1n) is 11.3. The van der Waals surface area contributed by atoms with Gasteiger partial charge in [0.2, 0.25) is 15.9 Å². The zero-order valence-corrected chi connectivity index (χ0v) is 22.3. The Bertz CT molecular complexity index is 1060. The van der Waals surface area contributed by atoms with Crippen LogP contribution in [0.25, 0.3) is 0 Å². The van der Waals surface area contributed by atoms with Gasteiger partial charge in [-0.3, -0.25) is 4.79 Å². The average molecular weight is 497 g/mol. The van der Waals surface area contributed by atoms with Crippen LogP contribution in [0, 0.1) is 19.8 Å². The zero-order valence-electron chi connectivity index (χ0n) is 20.6. The number of aromatic nitrogens is 2. The van der Waals surface area contributed by atoms with Crippen LogP contribution in [-0.4, -0.2) is 53.6 Å². The van der Waals surface area contributed by atoms with E-state index in [4.69, 9.17) is 4.74 Å². The summed E-state index contributed by atoms with van der Waals surface area (Å²) in [6.07, 6.45) is 0. The second-order valence-electron chi connectivity index (χ2n) is 8.09. The molecule has 1 aromatic carbocycles. The van der Waals surface area contributed by atoms with Crippen molar-refractivity contribution < 1.29 is 17.9 Å². The van der Waals surface area contributed by atoms with E-state index in [2.05, 4.69) is 28.7 Å². The van der Waals surface area contributed by atoms with Crippen LogP contribution in [0.4, 0.5) is 5.69 Å². The minimum Gasteiger partial charge on any atom is -0.492 e. The third kappa shape index (κ3) is 6.74. The Labute approximate surface area is 202 Å². The number of imidazole rings is 1. The predicted octanol–water partition coefficient (Wildman–Crippen LogP) is 4.32. The fraction of sp³-hybridized carbons (Fsp3) is 0.565. The van der Waals surface area contributed by atoms with E-state index in [9.17, 15) is 13.2 Å². The Morgan fingerprint density at radius 3 is 2.45 bits per heavy atom. The number of thioether (sulfide) groups is 1. The molecule has 184 valence electrons. The molecule has 0 aliphatic heterocycles. The number of amides is 1. The van der Waals surface area contributed by atoms with Crippen LogP contribution in [-0.2, 0) is 21.4 Å². The predicted molar refractivity (Wildman–Crippen MR) is 134 cm³/mol. The molecule has 0 bridgehead atoms. The molecule has 0 spiro atoms. The molecule has 0 unspecified atom stereocenters. The Morgan fingerprint density at radius 2 is 1.88 bits per heavy atom. The maximum atomic E-state index is 13.1. The van der Waals surface area contributed by atoms with Gasteiger partial charge in [0, 0.05) is 31.0 Å². The molecule has 2 rings (SSSR count). The standard InChI is InChI=1S/C23H36N4O4S2/c1-8-26(9-2)33(29,30)21-13-19(11-12-20(21)31-10-3)25-22(28)15-32-23-24-17(6)18(7)27(23)14-16(4)5/h11-13,16H,8-10,14-15H2,1-7H3,(H,25,28). The van der Waals surface area contributed by atoms with Crippen LogP contribution in [0.1, 0.15) is 46.0 Å². The number of anilines is 1. The van der Waals surface area contributed by atoms with E-state index in [0.717, 1.165) is 23.1 Å². The molecular weight excluding hydrogens is 460 g/mol. The second kappa shape index (κ2) is 11.9. The molecule has 1 N–H and O–H groups in total. The summed E-state index contributed by atoms with van der Waals surface area (Å²) in [5, 5.41) is 3.63. The molecule has 0 radical (unpaired) electrons. The summed E-state index contributed by atoms with van der Waals surface area (Å²) in [6.45, 7) is 15.5. The van der Waals surface area contributed by atoms with Gasteiger partial charge in [-0.15, -0.1) is 0 Å². The van der Waals surface area contributed by atoms with E-state index in [0.29, 0.717) is 31.3 Å². The van der Waals surface area contributed by atoms with Gasteiger partial charge in [-0.1, -0.05) is 39.5 Å². The number of hydrogen-bond acceptors (Lipinski definition) is 6. The number of ether oxygens (including phenoxy) is 1. The lowest BCUT2D eigenvalue weighted by atomic mass is 10.2. The molecule has 0 aliphatic rings. The van der Waals surface area contributed by atoms with Gasteiger partial charge >= 0.3 is 0 Å². The fourth-order valence-electron chi connectivity index (χ4n) is 3.41. The molecule has 0 atom stereocenters. The lowest BCUT2D eigenvalue weighted by Crippen LogP contribution is -2.31. The molecule has 1 heterocycles. The van der Waals surface area contributed by atoms with Crippen molar-refractivity contribution in [1.82, 2.24) is 13.9 Å². The molecule has 0 fully saturated rings. The Hall–Kier alpha value is -2.04. The van der Waals surface area contributed by atoms with E-state index in [1.165, 1.54) is 22.1 Å². The highest BCUT2D eigenvalue weighted by atomic mass is 32.2. The van der Waals surface area contributed by atoms with E-state index in [1.807, 2.05) is 13.8 Å². The van der Waals surface area contributed by atoms with Crippen LogP contribution in [0.3, 0.4) is 0 Å². The largest absolute Gasteiger partial charge is 0.492 e. The van der Waals surface area contributed by atoms with Crippen LogP contribution < -0.4 is 10.1 Å². The molecule has 0 saturated heterocycles. The van der Waals surface area contributed by atoms with Gasteiger partial charge < -0.3 is 14.6 Å². The smallest absolute Gasteiger partial charge is 0.246 e. The van der Waals surface area contributed by atoms with Gasteiger partial charge in [0.15, 0.2) is 5.16 Å². The summed E-state index contributed by atoms with van der Waals surface area (Å²) in [5.41, 5.74) is 2.47. The van der Waals surface area contributed by atoms with Crippen molar-refractivity contribution in [3.63, 3.8) is 0 Å². The number of aryl methyl sites for hydroxylation is 1. The van der Waals surface area contributed by atoms with E-state index in [-0.39, 0.29) is 22.3 Å². The van der Waals surface area contributed by atoms with Crippen molar-refractivity contribution in [2.45, 2.75) is 65.1 Å². The van der Waals surface area contributed by atoms with Crippen molar-refractivity contribution >= 4 is 33.4 Å². The van der Waals surface area contributed by atoms with Crippen LogP contribution in [0.5, 0.6) is 5.75 Å². The first kappa shape index (κ1) is 27.2. The van der Waals surface area contributed by atoms with Crippen molar-refractivity contribution in [3.8, 4) is 5.75 Å². The summed E-state index contributed by atoms with van der Waals surface area (Å²) >= 11 is 1.37. The molecule has 10 heteroatoms. The first-order chi connectivity index (χ1) is 15.5. The van der Waals surface area contributed by atoms with Gasteiger partial charge in [0.1, 0.15) is 10.6 Å². The SMILES string of the molecule is CCOc1ccc(NC(=O)CSc2nc(C)c(C)n2CC(C)C)cc1S(=O)(=O)N(CC)CC. The van der Waals surface area contributed by atoms with Crippen molar-refractivity contribution in [3.05, 3.63) is 29.6 Å². The van der Waals surface area contributed by atoms with E-state index >= 15 is 0 Å². The highest BCUT2D eigenvalue weighted by Gasteiger charge is 2.26. The van der Waals surface area contributed by atoms with Crippen molar-refractivity contribution in [2.75, 3.05) is 30.8 Å². The fourth-order valence-corrected chi connectivity index (χ4v) is 5.92.